The summed E-state index contributed by atoms with van der Waals surface area (Å²) in [5.41, 5.74) is 0.601. The van der Waals surface area contributed by atoms with Crippen LogP contribution in [-0.4, -0.2) is 54.5 Å². The minimum Gasteiger partial charge on any atom is -0.338 e. The molecule has 2 aliphatic rings. The molecule has 1 aliphatic carbocycles. The Morgan fingerprint density at radius 1 is 1.13 bits per heavy atom. The highest BCUT2D eigenvalue weighted by molar-refractivity contribution is 6.30. The summed E-state index contributed by atoms with van der Waals surface area (Å²) in [4.78, 5) is 28.3. The van der Waals surface area contributed by atoms with E-state index in [0.29, 0.717) is 42.7 Å². The molecule has 0 atom stereocenters. The highest BCUT2D eigenvalue weighted by atomic mass is 35.5. The van der Waals surface area contributed by atoms with Gasteiger partial charge >= 0.3 is 6.03 Å². The number of hydrogen-bond acceptors (Lipinski definition) is 2. The minimum absolute atomic E-state index is 0.00560. The summed E-state index contributed by atoms with van der Waals surface area (Å²) in [5, 5.41) is 3.55. The second-order valence-corrected chi connectivity index (χ2v) is 6.71. The van der Waals surface area contributed by atoms with Crippen LogP contribution in [0.15, 0.2) is 24.3 Å². The van der Waals surface area contributed by atoms with E-state index in [1.165, 1.54) is 12.8 Å². The minimum atomic E-state index is -0.0206. The van der Waals surface area contributed by atoms with Gasteiger partial charge in [-0.05, 0) is 43.4 Å². The zero-order valence-electron chi connectivity index (χ0n) is 13.1. The number of benzene rings is 1. The highest BCUT2D eigenvalue weighted by Gasteiger charge is 2.25. The lowest BCUT2D eigenvalue weighted by molar-refractivity contribution is 0.0762. The number of nitrogens with one attached hydrogen (secondary N) is 1. The van der Waals surface area contributed by atoms with E-state index in [2.05, 4.69) is 5.32 Å². The molecule has 1 aromatic rings. The van der Waals surface area contributed by atoms with Gasteiger partial charge < -0.3 is 15.1 Å². The molecule has 6 heteroatoms. The average molecular weight is 336 g/mol. The molecule has 2 fully saturated rings. The van der Waals surface area contributed by atoms with Crippen LogP contribution in [-0.2, 0) is 0 Å². The SMILES string of the molecule is O=C(NCC1CC1)N1CCCN(C(=O)c2cccc(Cl)c2)CC1. The summed E-state index contributed by atoms with van der Waals surface area (Å²) in [5.74, 6) is 0.652. The van der Waals surface area contributed by atoms with Gasteiger partial charge in [-0.15, -0.1) is 0 Å². The van der Waals surface area contributed by atoms with Gasteiger partial charge in [-0.2, -0.15) is 0 Å². The van der Waals surface area contributed by atoms with Crippen LogP contribution in [0.25, 0.3) is 0 Å². The van der Waals surface area contributed by atoms with E-state index in [1.54, 1.807) is 29.2 Å². The van der Waals surface area contributed by atoms with E-state index < -0.39 is 0 Å². The second-order valence-electron chi connectivity index (χ2n) is 6.27. The van der Waals surface area contributed by atoms with E-state index in [1.807, 2.05) is 4.90 Å². The van der Waals surface area contributed by atoms with Gasteiger partial charge in [0.2, 0.25) is 0 Å². The second kappa shape index (κ2) is 7.21. The van der Waals surface area contributed by atoms with Crippen LogP contribution in [0.3, 0.4) is 0 Å². The number of halogens is 1. The molecule has 0 unspecified atom stereocenters. The molecule has 23 heavy (non-hydrogen) atoms. The first-order chi connectivity index (χ1) is 11.1. The van der Waals surface area contributed by atoms with E-state index >= 15 is 0 Å². The van der Waals surface area contributed by atoms with Crippen molar-refractivity contribution in [1.82, 2.24) is 15.1 Å². The lowest BCUT2D eigenvalue weighted by Gasteiger charge is -2.22. The smallest absolute Gasteiger partial charge is 0.317 e. The van der Waals surface area contributed by atoms with Gasteiger partial charge in [-0.1, -0.05) is 17.7 Å². The molecule has 3 rings (SSSR count). The van der Waals surface area contributed by atoms with Crippen LogP contribution in [0.1, 0.15) is 29.6 Å². The first kappa shape index (κ1) is 16.1. The standard InChI is InChI=1S/C17H22ClN3O2/c18-15-4-1-3-14(11-15)16(22)20-7-2-8-21(10-9-20)17(23)19-12-13-5-6-13/h1,3-4,11,13H,2,5-10,12H2,(H,19,23). The fraction of sp³-hybridized carbons (Fsp3) is 0.529. The molecule has 5 nitrogen and oxygen atoms in total. The van der Waals surface area contributed by atoms with Gasteiger partial charge in [0.25, 0.3) is 5.91 Å². The van der Waals surface area contributed by atoms with Gasteiger partial charge in [-0.25, -0.2) is 4.79 Å². The van der Waals surface area contributed by atoms with Crippen molar-refractivity contribution < 1.29 is 9.59 Å². The molecule has 1 saturated heterocycles. The number of carbonyl (C=O) groups is 2. The van der Waals surface area contributed by atoms with E-state index in [0.717, 1.165) is 13.0 Å². The molecule has 1 heterocycles. The van der Waals surface area contributed by atoms with Gasteiger partial charge in [0.05, 0.1) is 0 Å². The topological polar surface area (TPSA) is 52.7 Å². The maximum absolute atomic E-state index is 12.6. The zero-order chi connectivity index (χ0) is 16.2. The van der Waals surface area contributed by atoms with Crippen molar-refractivity contribution in [1.29, 1.82) is 0 Å². The number of urea groups is 1. The Morgan fingerprint density at radius 3 is 2.61 bits per heavy atom. The Hall–Kier alpha value is -1.75. The molecule has 0 bridgehead atoms. The summed E-state index contributed by atoms with van der Waals surface area (Å²) in [6.07, 6.45) is 3.24. The normalized spacial score (nSPS) is 18.5. The predicted molar refractivity (Wildman–Crippen MR) is 89.7 cm³/mol. The Kier molecular flexibility index (Phi) is 5.06. The third-order valence-electron chi connectivity index (χ3n) is 4.38. The first-order valence-electron chi connectivity index (χ1n) is 8.21. The van der Waals surface area contributed by atoms with Gasteiger partial charge in [0.1, 0.15) is 0 Å². The maximum atomic E-state index is 12.6. The monoisotopic (exact) mass is 335 g/mol. The zero-order valence-corrected chi connectivity index (χ0v) is 13.9. The van der Waals surface area contributed by atoms with E-state index in [4.69, 9.17) is 11.6 Å². The van der Waals surface area contributed by atoms with Crippen LogP contribution < -0.4 is 5.32 Å². The number of rotatable bonds is 3. The quantitative estimate of drug-likeness (QED) is 0.923. The third-order valence-corrected chi connectivity index (χ3v) is 4.62. The average Bonchev–Trinajstić information content (AvgIpc) is 3.38. The van der Waals surface area contributed by atoms with E-state index in [9.17, 15) is 9.59 Å². The van der Waals surface area contributed by atoms with Crippen molar-refractivity contribution in [2.75, 3.05) is 32.7 Å². The summed E-state index contributed by atoms with van der Waals surface area (Å²) in [6, 6.07) is 7.00. The van der Waals surface area contributed by atoms with E-state index in [-0.39, 0.29) is 11.9 Å². The maximum Gasteiger partial charge on any atom is 0.317 e. The molecule has 1 aliphatic heterocycles. The fourth-order valence-corrected chi connectivity index (χ4v) is 2.98. The van der Waals surface area contributed by atoms with Crippen LogP contribution in [0.2, 0.25) is 5.02 Å². The van der Waals surface area contributed by atoms with Crippen LogP contribution in [0.4, 0.5) is 4.79 Å². The number of amides is 3. The molecule has 1 aromatic carbocycles. The van der Waals surface area contributed by atoms with Crippen LogP contribution in [0, 0.1) is 5.92 Å². The predicted octanol–water partition coefficient (Wildman–Crippen LogP) is 2.61. The molecule has 3 amide bonds. The van der Waals surface area contributed by atoms with Gasteiger partial charge in [0.15, 0.2) is 0 Å². The van der Waals surface area contributed by atoms with Crippen molar-refractivity contribution >= 4 is 23.5 Å². The summed E-state index contributed by atoms with van der Waals surface area (Å²) in [6.45, 7) is 3.26. The lowest BCUT2D eigenvalue weighted by atomic mass is 10.2. The molecule has 0 radical (unpaired) electrons. The Balaban J connectivity index is 1.55. The summed E-state index contributed by atoms with van der Waals surface area (Å²) < 4.78 is 0. The first-order valence-corrected chi connectivity index (χ1v) is 8.59. The molecule has 0 spiro atoms. The van der Waals surface area contributed by atoms with Gasteiger partial charge in [0, 0.05) is 43.3 Å². The molecule has 124 valence electrons. The van der Waals surface area contributed by atoms with Crippen LogP contribution in [0.5, 0.6) is 0 Å². The highest BCUT2D eigenvalue weighted by Crippen LogP contribution is 2.27. The third kappa shape index (κ3) is 4.38. The van der Waals surface area contributed by atoms with Crippen molar-refractivity contribution in [3.63, 3.8) is 0 Å². The van der Waals surface area contributed by atoms with Crippen molar-refractivity contribution in [3.8, 4) is 0 Å². The summed E-state index contributed by atoms with van der Waals surface area (Å²) >= 11 is 5.96. The van der Waals surface area contributed by atoms with Gasteiger partial charge in [-0.3, -0.25) is 4.79 Å². The number of carbonyl (C=O) groups excluding carboxylic acids is 2. The summed E-state index contributed by atoms with van der Waals surface area (Å²) in [7, 11) is 0. The molecule has 0 aromatic heterocycles. The lowest BCUT2D eigenvalue weighted by Crippen LogP contribution is -2.43. The Labute approximate surface area is 141 Å². The molecule has 1 N–H and O–H groups in total. The largest absolute Gasteiger partial charge is 0.338 e. The Bertz CT molecular complexity index is 589. The Morgan fingerprint density at radius 2 is 1.87 bits per heavy atom. The van der Waals surface area contributed by atoms with Crippen LogP contribution >= 0.6 is 11.6 Å². The number of nitrogens with zero attached hydrogens (tertiary/aromatic N) is 2. The molecule has 1 saturated carbocycles. The van der Waals surface area contributed by atoms with Crippen molar-refractivity contribution in [3.05, 3.63) is 34.9 Å². The molecular formula is C17H22ClN3O2. The van der Waals surface area contributed by atoms with Crippen molar-refractivity contribution in [2.45, 2.75) is 19.3 Å². The number of hydrogen-bond donors (Lipinski definition) is 1. The van der Waals surface area contributed by atoms with Crippen molar-refractivity contribution in [2.24, 2.45) is 5.92 Å². The fourth-order valence-electron chi connectivity index (χ4n) is 2.79. The molecular weight excluding hydrogens is 314 g/mol.